The van der Waals surface area contributed by atoms with E-state index in [1.807, 2.05) is 27.0 Å². The highest BCUT2D eigenvalue weighted by Crippen LogP contribution is 2.23. The molecule has 1 amide bonds. The summed E-state index contributed by atoms with van der Waals surface area (Å²) in [7, 11) is 1.87. The van der Waals surface area contributed by atoms with Gasteiger partial charge in [0.1, 0.15) is 5.69 Å². The van der Waals surface area contributed by atoms with Gasteiger partial charge >= 0.3 is 0 Å². The smallest absolute Gasteiger partial charge is 0.258 e. The van der Waals surface area contributed by atoms with Crippen molar-refractivity contribution in [3.05, 3.63) is 47.3 Å². The quantitative estimate of drug-likeness (QED) is 0.813. The zero-order valence-corrected chi connectivity index (χ0v) is 16.7. The van der Waals surface area contributed by atoms with Crippen LogP contribution in [0.5, 0.6) is 5.75 Å². The van der Waals surface area contributed by atoms with Gasteiger partial charge in [0.15, 0.2) is 12.4 Å². The molecule has 1 fully saturated rings. The van der Waals surface area contributed by atoms with Crippen LogP contribution >= 0.6 is 0 Å². The zero-order chi connectivity index (χ0) is 19.4. The summed E-state index contributed by atoms with van der Waals surface area (Å²) in [6.07, 6.45) is 1.11. The summed E-state index contributed by atoms with van der Waals surface area (Å²) in [4.78, 5) is 14.8. The summed E-state index contributed by atoms with van der Waals surface area (Å²) in [6, 6.07) is 10.7. The third kappa shape index (κ3) is 4.89. The van der Waals surface area contributed by atoms with Gasteiger partial charge in [0.25, 0.3) is 5.91 Å². The SMILES string of the molecule is Cc1nn(C)c(C)c1OCC(=O)NC(C)C1CCN(Cc2ccccc2)C1. The molecule has 6 heteroatoms. The van der Waals surface area contributed by atoms with Gasteiger partial charge in [0.05, 0.1) is 5.69 Å². The number of aromatic nitrogens is 2. The molecular formula is C21H30N4O2. The van der Waals surface area contributed by atoms with Gasteiger partial charge in [-0.1, -0.05) is 30.3 Å². The Kier molecular flexibility index (Phi) is 6.16. The number of benzene rings is 1. The molecule has 1 aromatic carbocycles. The van der Waals surface area contributed by atoms with Gasteiger partial charge in [-0.15, -0.1) is 0 Å². The maximum Gasteiger partial charge on any atom is 0.258 e. The van der Waals surface area contributed by atoms with Crippen molar-refractivity contribution in [1.82, 2.24) is 20.0 Å². The number of carbonyl (C=O) groups is 1. The van der Waals surface area contributed by atoms with Gasteiger partial charge in [0, 0.05) is 26.2 Å². The minimum absolute atomic E-state index is 0.0260. The van der Waals surface area contributed by atoms with Crippen molar-refractivity contribution in [2.75, 3.05) is 19.7 Å². The molecule has 1 saturated heterocycles. The molecule has 0 saturated carbocycles. The predicted molar refractivity (Wildman–Crippen MR) is 106 cm³/mol. The topological polar surface area (TPSA) is 59.4 Å². The Morgan fingerprint density at radius 2 is 2.07 bits per heavy atom. The number of ether oxygens (including phenoxy) is 1. The van der Waals surface area contributed by atoms with Gasteiger partial charge in [-0.3, -0.25) is 14.4 Å². The average molecular weight is 370 g/mol. The monoisotopic (exact) mass is 370 g/mol. The van der Waals surface area contributed by atoms with E-state index < -0.39 is 0 Å². The van der Waals surface area contributed by atoms with Crippen molar-refractivity contribution in [1.29, 1.82) is 0 Å². The van der Waals surface area contributed by atoms with Crippen molar-refractivity contribution >= 4 is 5.91 Å². The lowest BCUT2D eigenvalue weighted by Gasteiger charge is -2.22. The number of hydrogen-bond donors (Lipinski definition) is 1. The number of aryl methyl sites for hydroxylation is 2. The Morgan fingerprint density at radius 3 is 2.74 bits per heavy atom. The van der Waals surface area contributed by atoms with E-state index in [1.54, 1.807) is 4.68 Å². The maximum atomic E-state index is 12.3. The van der Waals surface area contributed by atoms with Crippen molar-refractivity contribution in [2.45, 2.75) is 39.8 Å². The van der Waals surface area contributed by atoms with Crippen molar-refractivity contribution in [2.24, 2.45) is 13.0 Å². The number of nitrogens with zero attached hydrogens (tertiary/aromatic N) is 3. The van der Waals surface area contributed by atoms with Gasteiger partial charge in [0.2, 0.25) is 0 Å². The van der Waals surface area contributed by atoms with Gasteiger partial charge in [-0.05, 0) is 45.2 Å². The van der Waals surface area contributed by atoms with Gasteiger partial charge < -0.3 is 10.1 Å². The molecule has 2 atom stereocenters. The van der Waals surface area contributed by atoms with Crippen LogP contribution in [-0.4, -0.2) is 46.3 Å². The van der Waals surface area contributed by atoms with E-state index in [1.165, 1.54) is 5.56 Å². The molecule has 0 radical (unpaired) electrons. The lowest BCUT2D eigenvalue weighted by molar-refractivity contribution is -0.124. The van der Waals surface area contributed by atoms with Crippen LogP contribution in [0, 0.1) is 19.8 Å². The first-order valence-corrected chi connectivity index (χ1v) is 9.62. The number of nitrogens with one attached hydrogen (secondary N) is 1. The second-order valence-electron chi connectivity index (χ2n) is 7.54. The van der Waals surface area contributed by atoms with Crippen LogP contribution in [0.3, 0.4) is 0 Å². The van der Waals surface area contributed by atoms with Gasteiger partial charge in [-0.2, -0.15) is 5.10 Å². The summed E-state index contributed by atoms with van der Waals surface area (Å²) >= 11 is 0. The Morgan fingerprint density at radius 1 is 1.33 bits per heavy atom. The molecular weight excluding hydrogens is 340 g/mol. The molecule has 146 valence electrons. The fraction of sp³-hybridized carbons (Fsp3) is 0.524. The highest BCUT2D eigenvalue weighted by Gasteiger charge is 2.28. The maximum absolute atomic E-state index is 12.3. The third-order valence-corrected chi connectivity index (χ3v) is 5.44. The Bertz CT molecular complexity index is 772. The van der Waals surface area contributed by atoms with Crippen LogP contribution in [0.15, 0.2) is 30.3 Å². The highest BCUT2D eigenvalue weighted by atomic mass is 16.5. The van der Waals surface area contributed by atoms with E-state index in [9.17, 15) is 4.79 Å². The van der Waals surface area contributed by atoms with E-state index in [0.29, 0.717) is 11.7 Å². The summed E-state index contributed by atoms with van der Waals surface area (Å²) < 4.78 is 7.48. The fourth-order valence-corrected chi connectivity index (χ4v) is 3.77. The number of carbonyl (C=O) groups excluding carboxylic acids is 1. The standard InChI is InChI=1S/C21H30N4O2/c1-15(19-10-11-25(13-19)12-18-8-6-5-7-9-18)22-20(26)14-27-21-16(2)23-24(4)17(21)3/h5-9,15,19H,10-14H2,1-4H3,(H,22,26). The van der Waals surface area contributed by atoms with Crippen LogP contribution in [-0.2, 0) is 18.4 Å². The van der Waals surface area contributed by atoms with E-state index >= 15 is 0 Å². The molecule has 0 bridgehead atoms. The molecule has 1 aliphatic rings. The molecule has 2 unspecified atom stereocenters. The molecule has 0 spiro atoms. The summed E-state index contributed by atoms with van der Waals surface area (Å²) in [5, 5.41) is 7.41. The molecule has 3 rings (SSSR count). The largest absolute Gasteiger partial charge is 0.480 e. The summed E-state index contributed by atoms with van der Waals surface area (Å²) in [5.41, 5.74) is 3.08. The molecule has 1 aliphatic heterocycles. The van der Waals surface area contributed by atoms with Crippen LogP contribution < -0.4 is 10.1 Å². The molecule has 2 heterocycles. The second kappa shape index (κ2) is 8.57. The fourth-order valence-electron chi connectivity index (χ4n) is 3.77. The molecule has 1 aromatic heterocycles. The minimum Gasteiger partial charge on any atom is -0.480 e. The first kappa shape index (κ1) is 19.4. The van der Waals surface area contributed by atoms with Gasteiger partial charge in [-0.25, -0.2) is 0 Å². The summed E-state index contributed by atoms with van der Waals surface area (Å²) in [6.45, 7) is 9.01. The van der Waals surface area contributed by atoms with E-state index in [4.69, 9.17) is 4.74 Å². The third-order valence-electron chi connectivity index (χ3n) is 5.44. The van der Waals surface area contributed by atoms with Crippen molar-refractivity contribution < 1.29 is 9.53 Å². The Hall–Kier alpha value is -2.34. The lowest BCUT2D eigenvalue weighted by Crippen LogP contribution is -2.41. The summed E-state index contributed by atoms with van der Waals surface area (Å²) in [5.74, 6) is 1.10. The first-order valence-electron chi connectivity index (χ1n) is 9.62. The number of amides is 1. The van der Waals surface area contributed by atoms with E-state index in [-0.39, 0.29) is 18.6 Å². The normalized spacial score (nSPS) is 18.4. The Balaban J connectivity index is 1.44. The van der Waals surface area contributed by atoms with Crippen LogP contribution in [0.25, 0.3) is 0 Å². The molecule has 1 N–H and O–H groups in total. The van der Waals surface area contributed by atoms with E-state index in [2.05, 4.69) is 46.5 Å². The molecule has 0 aliphatic carbocycles. The number of hydrogen-bond acceptors (Lipinski definition) is 4. The highest BCUT2D eigenvalue weighted by molar-refractivity contribution is 5.77. The predicted octanol–water partition coefficient (Wildman–Crippen LogP) is 2.44. The molecule has 2 aromatic rings. The first-order chi connectivity index (χ1) is 12.9. The van der Waals surface area contributed by atoms with Crippen LogP contribution in [0.1, 0.15) is 30.3 Å². The number of likely N-dealkylation sites (tertiary alicyclic amines) is 1. The lowest BCUT2D eigenvalue weighted by atomic mass is 10.0. The number of rotatable bonds is 7. The van der Waals surface area contributed by atoms with Crippen LogP contribution in [0.2, 0.25) is 0 Å². The average Bonchev–Trinajstić information content (AvgIpc) is 3.19. The molecule has 27 heavy (non-hydrogen) atoms. The second-order valence-corrected chi connectivity index (χ2v) is 7.54. The van der Waals surface area contributed by atoms with Crippen LogP contribution in [0.4, 0.5) is 0 Å². The van der Waals surface area contributed by atoms with Crippen molar-refractivity contribution in [3.8, 4) is 5.75 Å². The Labute approximate surface area is 161 Å². The molecule has 6 nitrogen and oxygen atoms in total. The minimum atomic E-state index is -0.0772. The van der Waals surface area contributed by atoms with Crippen molar-refractivity contribution in [3.63, 3.8) is 0 Å². The van der Waals surface area contributed by atoms with E-state index in [0.717, 1.165) is 37.4 Å². The zero-order valence-electron chi connectivity index (χ0n) is 16.7.